The highest BCUT2D eigenvalue weighted by Crippen LogP contribution is 2.28. The van der Waals surface area contributed by atoms with Gasteiger partial charge >= 0.3 is 0 Å². The number of aliphatic hydroxyl groups excluding tert-OH is 1. The SMILES string of the molecule is O=C(CN(CCO)C1CC1)Nc1nc2ccc(F)cc2s1. The number of aliphatic hydroxyl groups is 1. The first-order valence-electron chi connectivity index (χ1n) is 6.86. The first-order chi connectivity index (χ1) is 10.2. The molecule has 1 aromatic heterocycles. The van der Waals surface area contributed by atoms with Gasteiger partial charge in [-0.3, -0.25) is 9.69 Å². The van der Waals surface area contributed by atoms with Gasteiger partial charge in [0.15, 0.2) is 5.13 Å². The normalized spacial score (nSPS) is 14.8. The molecule has 1 aromatic carbocycles. The molecule has 1 aliphatic rings. The summed E-state index contributed by atoms with van der Waals surface area (Å²) in [6, 6.07) is 4.76. The van der Waals surface area contributed by atoms with Crippen LogP contribution < -0.4 is 5.32 Å². The average Bonchev–Trinajstić information content (AvgIpc) is 3.20. The summed E-state index contributed by atoms with van der Waals surface area (Å²) in [6.07, 6.45) is 2.15. The molecule has 0 saturated heterocycles. The van der Waals surface area contributed by atoms with E-state index in [1.165, 1.54) is 23.5 Å². The molecule has 0 unspecified atom stereocenters. The fraction of sp³-hybridized carbons (Fsp3) is 0.429. The lowest BCUT2D eigenvalue weighted by atomic mass is 10.3. The maximum Gasteiger partial charge on any atom is 0.240 e. The summed E-state index contributed by atoms with van der Waals surface area (Å²) in [7, 11) is 0. The van der Waals surface area contributed by atoms with Crippen molar-refractivity contribution < 1.29 is 14.3 Å². The molecule has 21 heavy (non-hydrogen) atoms. The molecule has 1 heterocycles. The van der Waals surface area contributed by atoms with Gasteiger partial charge in [-0.05, 0) is 31.0 Å². The number of thiazole rings is 1. The Morgan fingerprint density at radius 2 is 2.33 bits per heavy atom. The Kier molecular flexibility index (Phi) is 4.14. The standard InChI is InChI=1S/C14H16FN3O2S/c15-9-1-4-11-12(7-9)21-14(16-11)17-13(20)8-18(5-6-19)10-2-3-10/h1,4,7,10,19H,2-3,5-6,8H2,(H,16,17,20). The molecule has 0 radical (unpaired) electrons. The second kappa shape index (κ2) is 6.05. The minimum Gasteiger partial charge on any atom is -0.395 e. The molecule has 2 N–H and O–H groups in total. The highest BCUT2D eigenvalue weighted by Gasteiger charge is 2.29. The van der Waals surface area contributed by atoms with Crippen molar-refractivity contribution in [2.45, 2.75) is 18.9 Å². The van der Waals surface area contributed by atoms with Gasteiger partial charge in [0.1, 0.15) is 5.82 Å². The molecule has 1 amide bonds. The van der Waals surface area contributed by atoms with Gasteiger partial charge in [0.2, 0.25) is 5.91 Å². The Labute approximate surface area is 125 Å². The van der Waals surface area contributed by atoms with Crippen LogP contribution in [-0.4, -0.2) is 46.6 Å². The van der Waals surface area contributed by atoms with Crippen LogP contribution in [0.15, 0.2) is 18.2 Å². The summed E-state index contributed by atoms with van der Waals surface area (Å²) in [5.41, 5.74) is 0.672. The molecule has 0 bridgehead atoms. The zero-order chi connectivity index (χ0) is 14.8. The summed E-state index contributed by atoms with van der Waals surface area (Å²) >= 11 is 1.25. The van der Waals surface area contributed by atoms with Crippen molar-refractivity contribution >= 4 is 32.6 Å². The zero-order valence-corrected chi connectivity index (χ0v) is 12.2. The van der Waals surface area contributed by atoms with E-state index < -0.39 is 0 Å². The molecule has 7 heteroatoms. The van der Waals surface area contributed by atoms with Crippen LogP contribution in [0, 0.1) is 5.82 Å². The van der Waals surface area contributed by atoms with Gasteiger partial charge in [0, 0.05) is 12.6 Å². The van der Waals surface area contributed by atoms with Gasteiger partial charge in [0.25, 0.3) is 0 Å². The number of hydrogen-bond donors (Lipinski definition) is 2. The molecule has 2 aromatic rings. The highest BCUT2D eigenvalue weighted by molar-refractivity contribution is 7.22. The number of anilines is 1. The average molecular weight is 309 g/mol. The second-order valence-electron chi connectivity index (χ2n) is 5.10. The van der Waals surface area contributed by atoms with E-state index in [9.17, 15) is 9.18 Å². The molecular weight excluding hydrogens is 293 g/mol. The second-order valence-corrected chi connectivity index (χ2v) is 6.14. The third-order valence-electron chi connectivity index (χ3n) is 3.39. The Morgan fingerprint density at radius 3 is 3.05 bits per heavy atom. The van der Waals surface area contributed by atoms with Crippen LogP contribution in [0.5, 0.6) is 0 Å². The van der Waals surface area contributed by atoms with Gasteiger partial charge in [-0.25, -0.2) is 9.37 Å². The smallest absolute Gasteiger partial charge is 0.240 e. The van der Waals surface area contributed by atoms with E-state index >= 15 is 0 Å². The molecular formula is C14H16FN3O2S. The molecule has 1 aliphatic carbocycles. The topological polar surface area (TPSA) is 65.5 Å². The highest BCUT2D eigenvalue weighted by atomic mass is 32.1. The zero-order valence-electron chi connectivity index (χ0n) is 11.4. The minimum absolute atomic E-state index is 0.0458. The number of benzene rings is 1. The van der Waals surface area contributed by atoms with E-state index in [1.807, 2.05) is 4.90 Å². The number of hydrogen-bond acceptors (Lipinski definition) is 5. The monoisotopic (exact) mass is 309 g/mol. The van der Waals surface area contributed by atoms with Crippen molar-refractivity contribution in [3.8, 4) is 0 Å². The molecule has 112 valence electrons. The molecule has 1 saturated carbocycles. The van der Waals surface area contributed by atoms with Crippen LogP contribution in [-0.2, 0) is 4.79 Å². The predicted octanol–water partition coefficient (Wildman–Crippen LogP) is 1.83. The van der Waals surface area contributed by atoms with E-state index in [0.717, 1.165) is 12.8 Å². The number of amides is 1. The molecule has 5 nitrogen and oxygen atoms in total. The molecule has 3 rings (SSSR count). The van der Waals surface area contributed by atoms with Crippen molar-refractivity contribution in [2.24, 2.45) is 0 Å². The summed E-state index contributed by atoms with van der Waals surface area (Å²) < 4.78 is 13.8. The number of rotatable bonds is 6. The van der Waals surface area contributed by atoms with E-state index in [-0.39, 0.29) is 24.9 Å². The van der Waals surface area contributed by atoms with E-state index in [1.54, 1.807) is 6.07 Å². The first-order valence-corrected chi connectivity index (χ1v) is 7.68. The van der Waals surface area contributed by atoms with Gasteiger partial charge in [-0.15, -0.1) is 0 Å². The van der Waals surface area contributed by atoms with Crippen LogP contribution >= 0.6 is 11.3 Å². The van der Waals surface area contributed by atoms with E-state index in [0.29, 0.717) is 27.9 Å². The number of nitrogens with one attached hydrogen (secondary N) is 1. The lowest BCUT2D eigenvalue weighted by Gasteiger charge is -2.19. The van der Waals surface area contributed by atoms with Crippen LogP contribution in [0.4, 0.5) is 9.52 Å². The summed E-state index contributed by atoms with van der Waals surface area (Å²) in [5, 5.41) is 12.2. The Bertz CT molecular complexity index is 657. The van der Waals surface area contributed by atoms with Crippen LogP contribution in [0.2, 0.25) is 0 Å². The van der Waals surface area contributed by atoms with Gasteiger partial charge in [-0.2, -0.15) is 0 Å². The van der Waals surface area contributed by atoms with Crippen molar-refractivity contribution in [3.05, 3.63) is 24.0 Å². The molecule has 0 aliphatic heterocycles. The summed E-state index contributed by atoms with van der Waals surface area (Å²) in [5.74, 6) is -0.471. The Hall–Kier alpha value is -1.57. The number of carbonyl (C=O) groups is 1. The largest absolute Gasteiger partial charge is 0.395 e. The summed E-state index contributed by atoms with van der Waals surface area (Å²) in [6.45, 7) is 0.794. The van der Waals surface area contributed by atoms with Crippen molar-refractivity contribution in [1.82, 2.24) is 9.88 Å². The van der Waals surface area contributed by atoms with Crippen LogP contribution in [0.3, 0.4) is 0 Å². The Morgan fingerprint density at radius 1 is 1.52 bits per heavy atom. The van der Waals surface area contributed by atoms with Crippen LogP contribution in [0.1, 0.15) is 12.8 Å². The Balaban J connectivity index is 1.65. The lowest BCUT2D eigenvalue weighted by Crippen LogP contribution is -2.36. The van der Waals surface area contributed by atoms with Gasteiger partial charge in [-0.1, -0.05) is 11.3 Å². The van der Waals surface area contributed by atoms with E-state index in [4.69, 9.17) is 5.11 Å². The fourth-order valence-corrected chi connectivity index (χ4v) is 3.16. The number of aromatic nitrogens is 1. The predicted molar refractivity (Wildman–Crippen MR) is 79.9 cm³/mol. The van der Waals surface area contributed by atoms with Gasteiger partial charge < -0.3 is 10.4 Å². The lowest BCUT2D eigenvalue weighted by molar-refractivity contribution is -0.117. The molecule has 0 spiro atoms. The van der Waals surface area contributed by atoms with Gasteiger partial charge in [0.05, 0.1) is 23.4 Å². The third kappa shape index (κ3) is 3.55. The molecule has 0 atom stereocenters. The fourth-order valence-electron chi connectivity index (χ4n) is 2.25. The quantitative estimate of drug-likeness (QED) is 0.854. The van der Waals surface area contributed by atoms with Crippen molar-refractivity contribution in [2.75, 3.05) is 25.0 Å². The third-order valence-corrected chi connectivity index (χ3v) is 4.33. The van der Waals surface area contributed by atoms with E-state index in [2.05, 4.69) is 10.3 Å². The number of fused-ring (bicyclic) bond motifs is 1. The van der Waals surface area contributed by atoms with Crippen molar-refractivity contribution in [1.29, 1.82) is 0 Å². The number of halogens is 1. The summed E-state index contributed by atoms with van der Waals surface area (Å²) in [4.78, 5) is 18.3. The maximum absolute atomic E-state index is 13.1. The first kappa shape index (κ1) is 14.4. The molecule has 1 fully saturated rings. The maximum atomic E-state index is 13.1. The van der Waals surface area contributed by atoms with Crippen molar-refractivity contribution in [3.63, 3.8) is 0 Å². The minimum atomic E-state index is -0.313. The van der Waals surface area contributed by atoms with Crippen LogP contribution in [0.25, 0.3) is 10.2 Å². The number of nitrogens with zero attached hydrogens (tertiary/aromatic N) is 2. The number of carbonyl (C=O) groups excluding carboxylic acids is 1.